The van der Waals surface area contributed by atoms with E-state index >= 15 is 0 Å². The predicted molar refractivity (Wildman–Crippen MR) is 74.4 cm³/mol. The third-order valence-corrected chi connectivity index (χ3v) is 4.20. The van der Waals surface area contributed by atoms with Crippen LogP contribution in [0.5, 0.6) is 11.6 Å². The van der Waals surface area contributed by atoms with Gasteiger partial charge >= 0.3 is 0 Å². The van der Waals surface area contributed by atoms with Gasteiger partial charge in [0.05, 0.1) is 11.2 Å². The van der Waals surface area contributed by atoms with Gasteiger partial charge in [-0.05, 0) is 19.2 Å². The molecule has 0 aliphatic heterocycles. The lowest BCUT2D eigenvalue weighted by atomic mass is 10.3. The first-order valence-electron chi connectivity index (χ1n) is 5.96. The van der Waals surface area contributed by atoms with Crippen LogP contribution < -0.4 is 9.46 Å². The molecular formula is C12H11N5O3S. The van der Waals surface area contributed by atoms with Crippen molar-refractivity contribution in [3.8, 4) is 11.6 Å². The molecule has 0 fully saturated rings. The lowest BCUT2D eigenvalue weighted by Gasteiger charge is -2.07. The van der Waals surface area contributed by atoms with Crippen molar-refractivity contribution in [2.45, 2.75) is 4.90 Å². The lowest BCUT2D eigenvalue weighted by Crippen LogP contribution is -2.18. The summed E-state index contributed by atoms with van der Waals surface area (Å²) < 4.78 is 31.4. The number of nitrogens with zero attached hydrogens (tertiary/aromatic N) is 3. The highest BCUT2D eigenvalue weighted by molar-refractivity contribution is 7.89. The SMILES string of the molecule is CNS(=O)(=O)c1cccc(Oc2ncnc3nc[nH]c23)c1. The number of hydrogen-bond acceptors (Lipinski definition) is 6. The molecule has 0 bridgehead atoms. The number of hydrogen-bond donors (Lipinski definition) is 2. The van der Waals surface area contributed by atoms with Crippen LogP contribution in [0.15, 0.2) is 41.8 Å². The molecule has 0 saturated carbocycles. The summed E-state index contributed by atoms with van der Waals surface area (Å²) in [7, 11) is -2.18. The van der Waals surface area contributed by atoms with Crippen molar-refractivity contribution in [2.75, 3.05) is 7.05 Å². The van der Waals surface area contributed by atoms with E-state index in [0.29, 0.717) is 16.9 Å². The molecule has 0 amide bonds. The Morgan fingerprint density at radius 3 is 2.90 bits per heavy atom. The Kier molecular flexibility index (Phi) is 3.28. The van der Waals surface area contributed by atoms with E-state index < -0.39 is 10.0 Å². The van der Waals surface area contributed by atoms with Gasteiger partial charge in [0.2, 0.25) is 15.9 Å². The highest BCUT2D eigenvalue weighted by atomic mass is 32.2. The number of aromatic nitrogens is 4. The van der Waals surface area contributed by atoms with Gasteiger partial charge in [-0.2, -0.15) is 4.98 Å². The first kappa shape index (κ1) is 13.5. The zero-order chi connectivity index (χ0) is 14.9. The summed E-state index contributed by atoms with van der Waals surface area (Å²) in [5.41, 5.74) is 1.01. The highest BCUT2D eigenvalue weighted by Crippen LogP contribution is 2.25. The summed E-state index contributed by atoms with van der Waals surface area (Å²) in [5, 5.41) is 0. The number of rotatable bonds is 4. The molecule has 0 radical (unpaired) electrons. The zero-order valence-electron chi connectivity index (χ0n) is 10.9. The minimum absolute atomic E-state index is 0.109. The van der Waals surface area contributed by atoms with Crippen LogP contribution >= 0.6 is 0 Å². The third kappa shape index (κ3) is 2.56. The number of nitrogens with one attached hydrogen (secondary N) is 2. The standard InChI is InChI=1S/C12H11N5O3S/c1-13-21(18,19)9-4-2-3-8(5-9)20-12-10-11(15-6-14-10)16-7-17-12/h2-7,13H,1H3,(H,14,15,16,17). The van der Waals surface area contributed by atoms with Crippen LogP contribution in [0, 0.1) is 0 Å². The van der Waals surface area contributed by atoms with E-state index in [1.807, 2.05) is 0 Å². The van der Waals surface area contributed by atoms with Gasteiger partial charge in [-0.15, -0.1) is 0 Å². The van der Waals surface area contributed by atoms with Crippen molar-refractivity contribution in [2.24, 2.45) is 0 Å². The van der Waals surface area contributed by atoms with E-state index in [4.69, 9.17) is 4.74 Å². The zero-order valence-corrected chi connectivity index (χ0v) is 11.8. The van der Waals surface area contributed by atoms with Gasteiger partial charge in [0.15, 0.2) is 5.65 Å². The minimum Gasteiger partial charge on any atom is -0.437 e. The molecular weight excluding hydrogens is 294 g/mol. The second-order valence-corrected chi connectivity index (χ2v) is 5.95. The maximum atomic E-state index is 11.8. The Bertz CT molecular complexity index is 891. The van der Waals surface area contributed by atoms with Crippen molar-refractivity contribution in [3.05, 3.63) is 36.9 Å². The topological polar surface area (TPSA) is 110 Å². The predicted octanol–water partition coefficient (Wildman–Crippen LogP) is 1.05. The molecule has 21 heavy (non-hydrogen) atoms. The van der Waals surface area contributed by atoms with Crippen molar-refractivity contribution < 1.29 is 13.2 Å². The first-order chi connectivity index (χ1) is 10.1. The second-order valence-electron chi connectivity index (χ2n) is 4.06. The fourth-order valence-corrected chi connectivity index (χ4v) is 2.52. The highest BCUT2D eigenvalue weighted by Gasteiger charge is 2.13. The average Bonchev–Trinajstić information content (AvgIpc) is 2.97. The minimum atomic E-state index is -3.53. The fourth-order valence-electron chi connectivity index (χ4n) is 1.75. The van der Waals surface area contributed by atoms with E-state index in [-0.39, 0.29) is 10.8 Å². The van der Waals surface area contributed by atoms with Gasteiger partial charge in [0.25, 0.3) is 0 Å². The van der Waals surface area contributed by atoms with E-state index in [9.17, 15) is 8.42 Å². The van der Waals surface area contributed by atoms with E-state index in [0.717, 1.165) is 0 Å². The van der Waals surface area contributed by atoms with Gasteiger partial charge in [0, 0.05) is 6.07 Å². The Balaban J connectivity index is 1.99. The van der Waals surface area contributed by atoms with Crippen LogP contribution in [-0.4, -0.2) is 35.4 Å². The average molecular weight is 305 g/mol. The van der Waals surface area contributed by atoms with Crippen molar-refractivity contribution in [1.29, 1.82) is 0 Å². The largest absolute Gasteiger partial charge is 0.437 e. The number of H-pyrrole nitrogens is 1. The molecule has 1 aromatic carbocycles. The van der Waals surface area contributed by atoms with Gasteiger partial charge in [-0.1, -0.05) is 6.07 Å². The maximum absolute atomic E-state index is 11.8. The molecule has 0 saturated heterocycles. The Labute approximate surface area is 120 Å². The molecule has 0 atom stereocenters. The van der Waals surface area contributed by atoms with Crippen molar-refractivity contribution in [1.82, 2.24) is 24.7 Å². The molecule has 0 aliphatic rings. The molecule has 2 aromatic heterocycles. The van der Waals surface area contributed by atoms with Crippen LogP contribution in [0.3, 0.4) is 0 Å². The number of ether oxygens (including phenoxy) is 1. The molecule has 3 aromatic rings. The molecule has 0 spiro atoms. The van der Waals surface area contributed by atoms with Gasteiger partial charge in [-0.25, -0.2) is 23.1 Å². The first-order valence-corrected chi connectivity index (χ1v) is 7.44. The number of sulfonamides is 1. The summed E-state index contributed by atoms with van der Waals surface area (Å²) in [4.78, 5) is 15.0. The van der Waals surface area contributed by atoms with Crippen LogP contribution in [0.2, 0.25) is 0 Å². The fraction of sp³-hybridized carbons (Fsp3) is 0.0833. The smallest absolute Gasteiger partial charge is 0.248 e. The summed E-state index contributed by atoms with van der Waals surface area (Å²) in [6, 6.07) is 6.12. The van der Waals surface area contributed by atoms with E-state index in [2.05, 4.69) is 24.7 Å². The van der Waals surface area contributed by atoms with Crippen LogP contribution in [0.4, 0.5) is 0 Å². The van der Waals surface area contributed by atoms with Gasteiger partial charge < -0.3 is 9.72 Å². The maximum Gasteiger partial charge on any atom is 0.248 e. The van der Waals surface area contributed by atoms with E-state index in [1.54, 1.807) is 12.1 Å². The van der Waals surface area contributed by atoms with Crippen LogP contribution in [0.25, 0.3) is 11.2 Å². The summed E-state index contributed by atoms with van der Waals surface area (Å²) in [6.45, 7) is 0. The molecule has 0 aliphatic carbocycles. The third-order valence-electron chi connectivity index (χ3n) is 2.79. The molecule has 2 heterocycles. The monoisotopic (exact) mass is 305 g/mol. The van der Waals surface area contributed by atoms with Gasteiger partial charge in [-0.3, -0.25) is 0 Å². The van der Waals surface area contributed by atoms with Crippen LogP contribution in [0.1, 0.15) is 0 Å². The lowest BCUT2D eigenvalue weighted by molar-refractivity contribution is 0.465. The molecule has 108 valence electrons. The van der Waals surface area contributed by atoms with Gasteiger partial charge in [0.1, 0.15) is 17.6 Å². The summed E-state index contributed by atoms with van der Waals surface area (Å²) in [5.74, 6) is 0.623. The number of imidazole rings is 1. The molecule has 3 rings (SSSR count). The summed E-state index contributed by atoms with van der Waals surface area (Å²) >= 11 is 0. The van der Waals surface area contributed by atoms with Crippen LogP contribution in [-0.2, 0) is 10.0 Å². The van der Waals surface area contributed by atoms with E-state index in [1.165, 1.54) is 31.8 Å². The molecule has 8 nitrogen and oxygen atoms in total. The number of fused-ring (bicyclic) bond motifs is 1. The number of benzene rings is 1. The summed E-state index contributed by atoms with van der Waals surface area (Å²) in [6.07, 6.45) is 2.81. The quantitative estimate of drug-likeness (QED) is 0.745. The van der Waals surface area contributed by atoms with Crippen molar-refractivity contribution >= 4 is 21.2 Å². The Hall–Kier alpha value is -2.52. The molecule has 9 heteroatoms. The number of aromatic amines is 1. The molecule has 0 unspecified atom stereocenters. The van der Waals surface area contributed by atoms with Crippen molar-refractivity contribution in [3.63, 3.8) is 0 Å². The Morgan fingerprint density at radius 2 is 2.10 bits per heavy atom. The normalized spacial score (nSPS) is 11.7. The Morgan fingerprint density at radius 1 is 1.24 bits per heavy atom. The molecule has 2 N–H and O–H groups in total. The second kappa shape index (κ2) is 5.11.